The number of benzene rings is 2. The SMILES string of the molecule is CC(C)(C)OC(=O)Nc1cc(Oc2ccc(F)c(F)c2)cc2c1OCCO2. The molecule has 0 saturated heterocycles. The zero-order valence-electron chi connectivity index (χ0n) is 15.1. The van der Waals surface area contributed by atoms with Crippen LogP contribution in [0.5, 0.6) is 23.0 Å². The van der Waals surface area contributed by atoms with Crippen molar-refractivity contribution < 1.29 is 32.5 Å². The highest BCUT2D eigenvalue weighted by atomic mass is 19.2. The van der Waals surface area contributed by atoms with Crippen molar-refractivity contribution in [2.24, 2.45) is 0 Å². The lowest BCUT2D eigenvalue weighted by atomic mass is 10.2. The Bertz CT molecular complexity index is 864. The fraction of sp³-hybridized carbons (Fsp3) is 0.316. The first-order valence-electron chi connectivity index (χ1n) is 8.28. The number of hydrogen-bond donors (Lipinski definition) is 1. The molecule has 3 rings (SSSR count). The van der Waals surface area contributed by atoms with Crippen molar-refractivity contribution >= 4 is 11.8 Å². The third-order valence-corrected chi connectivity index (χ3v) is 3.38. The van der Waals surface area contributed by atoms with Gasteiger partial charge in [-0.3, -0.25) is 5.32 Å². The van der Waals surface area contributed by atoms with Gasteiger partial charge in [0.2, 0.25) is 0 Å². The van der Waals surface area contributed by atoms with E-state index in [0.717, 1.165) is 12.1 Å². The van der Waals surface area contributed by atoms with Crippen LogP contribution in [-0.2, 0) is 4.74 Å². The van der Waals surface area contributed by atoms with Crippen molar-refractivity contribution in [1.29, 1.82) is 0 Å². The first-order valence-corrected chi connectivity index (χ1v) is 8.28. The molecule has 1 aliphatic rings. The van der Waals surface area contributed by atoms with Gasteiger partial charge in [0.15, 0.2) is 23.1 Å². The predicted octanol–water partition coefficient (Wildman–Crippen LogP) is 4.88. The van der Waals surface area contributed by atoms with Gasteiger partial charge in [0.25, 0.3) is 0 Å². The zero-order chi connectivity index (χ0) is 19.6. The van der Waals surface area contributed by atoms with E-state index in [1.807, 2.05) is 0 Å². The summed E-state index contributed by atoms with van der Waals surface area (Å²) in [4.78, 5) is 12.1. The molecule has 1 aliphatic heterocycles. The second-order valence-electron chi connectivity index (χ2n) is 6.80. The maximum Gasteiger partial charge on any atom is 0.412 e. The maximum absolute atomic E-state index is 13.4. The molecule has 2 aromatic rings. The van der Waals surface area contributed by atoms with Gasteiger partial charge in [-0.1, -0.05) is 0 Å². The van der Waals surface area contributed by atoms with Gasteiger partial charge in [-0.05, 0) is 32.9 Å². The molecule has 0 aliphatic carbocycles. The fourth-order valence-electron chi connectivity index (χ4n) is 2.37. The number of carbonyl (C=O) groups is 1. The Morgan fingerprint density at radius 1 is 1.04 bits per heavy atom. The van der Waals surface area contributed by atoms with E-state index in [1.54, 1.807) is 20.8 Å². The second kappa shape index (κ2) is 7.30. The standard InChI is InChI=1S/C19H19F2NO5/c1-19(2,3)27-18(23)22-15-9-12(10-16-17(15)25-7-6-24-16)26-11-4-5-13(20)14(21)8-11/h4-5,8-10H,6-7H2,1-3H3,(H,22,23). The molecule has 0 fully saturated rings. The molecular formula is C19H19F2NO5. The molecule has 0 radical (unpaired) electrons. The number of halogens is 2. The Labute approximate surface area is 155 Å². The Morgan fingerprint density at radius 2 is 1.78 bits per heavy atom. The minimum atomic E-state index is -1.03. The largest absolute Gasteiger partial charge is 0.486 e. The summed E-state index contributed by atoms with van der Waals surface area (Å²) < 4.78 is 48.4. The van der Waals surface area contributed by atoms with E-state index in [2.05, 4.69) is 5.32 Å². The molecule has 144 valence electrons. The van der Waals surface area contributed by atoms with Crippen LogP contribution in [0, 0.1) is 11.6 Å². The fourth-order valence-corrected chi connectivity index (χ4v) is 2.37. The van der Waals surface area contributed by atoms with E-state index in [4.69, 9.17) is 18.9 Å². The summed E-state index contributed by atoms with van der Waals surface area (Å²) in [6.45, 7) is 5.87. The summed E-state index contributed by atoms with van der Waals surface area (Å²) in [6, 6.07) is 6.19. The summed E-state index contributed by atoms with van der Waals surface area (Å²) >= 11 is 0. The van der Waals surface area contributed by atoms with Crippen LogP contribution in [0.3, 0.4) is 0 Å². The van der Waals surface area contributed by atoms with Crippen molar-refractivity contribution in [3.63, 3.8) is 0 Å². The van der Waals surface area contributed by atoms with Crippen molar-refractivity contribution in [2.45, 2.75) is 26.4 Å². The number of nitrogens with one attached hydrogen (secondary N) is 1. The highest BCUT2D eigenvalue weighted by molar-refractivity contribution is 5.88. The number of carbonyl (C=O) groups excluding carboxylic acids is 1. The van der Waals surface area contributed by atoms with E-state index < -0.39 is 23.3 Å². The molecule has 27 heavy (non-hydrogen) atoms. The molecule has 1 N–H and O–H groups in total. The van der Waals surface area contributed by atoms with Gasteiger partial charge in [0.05, 0.1) is 5.69 Å². The first kappa shape index (κ1) is 18.8. The first-order chi connectivity index (χ1) is 12.7. The third-order valence-electron chi connectivity index (χ3n) is 3.38. The monoisotopic (exact) mass is 379 g/mol. The minimum absolute atomic E-state index is 0.0915. The normalized spacial score (nSPS) is 13.1. The lowest BCUT2D eigenvalue weighted by molar-refractivity contribution is 0.0634. The van der Waals surface area contributed by atoms with Crippen LogP contribution >= 0.6 is 0 Å². The van der Waals surface area contributed by atoms with Crippen LogP contribution in [0.4, 0.5) is 19.3 Å². The van der Waals surface area contributed by atoms with Gasteiger partial charge in [0.1, 0.15) is 30.3 Å². The van der Waals surface area contributed by atoms with Crippen LogP contribution in [0.2, 0.25) is 0 Å². The Morgan fingerprint density at radius 3 is 2.48 bits per heavy atom. The molecule has 0 aromatic heterocycles. The molecule has 0 atom stereocenters. The molecule has 8 heteroatoms. The predicted molar refractivity (Wildman–Crippen MR) is 93.7 cm³/mol. The Balaban J connectivity index is 1.89. The number of hydrogen-bond acceptors (Lipinski definition) is 5. The summed E-state index contributed by atoms with van der Waals surface area (Å²) in [5.41, 5.74) is -0.402. The molecule has 0 unspecified atom stereocenters. The highest BCUT2D eigenvalue weighted by Crippen LogP contribution is 2.42. The topological polar surface area (TPSA) is 66.0 Å². The van der Waals surface area contributed by atoms with E-state index in [1.165, 1.54) is 18.2 Å². The molecule has 0 saturated carbocycles. The van der Waals surface area contributed by atoms with Gasteiger partial charge in [-0.2, -0.15) is 0 Å². The van der Waals surface area contributed by atoms with Gasteiger partial charge in [-0.25, -0.2) is 13.6 Å². The number of rotatable bonds is 3. The Hall–Kier alpha value is -3.03. The lowest BCUT2D eigenvalue weighted by Gasteiger charge is -2.24. The number of ether oxygens (including phenoxy) is 4. The van der Waals surface area contributed by atoms with E-state index in [0.29, 0.717) is 24.7 Å². The molecule has 2 aromatic carbocycles. The smallest absolute Gasteiger partial charge is 0.412 e. The molecule has 0 spiro atoms. The Kier molecular flexibility index (Phi) is 5.07. The van der Waals surface area contributed by atoms with Gasteiger partial charge < -0.3 is 18.9 Å². The highest BCUT2D eigenvalue weighted by Gasteiger charge is 2.23. The second-order valence-corrected chi connectivity index (χ2v) is 6.80. The van der Waals surface area contributed by atoms with E-state index in [9.17, 15) is 13.6 Å². The van der Waals surface area contributed by atoms with Crippen molar-refractivity contribution in [2.75, 3.05) is 18.5 Å². The summed E-state index contributed by atoms with van der Waals surface area (Å²) in [5.74, 6) is -0.976. The van der Waals surface area contributed by atoms with Crippen LogP contribution in [-0.4, -0.2) is 24.9 Å². The van der Waals surface area contributed by atoms with Crippen LogP contribution < -0.4 is 19.5 Å². The van der Waals surface area contributed by atoms with E-state index in [-0.39, 0.29) is 17.2 Å². The third kappa shape index (κ3) is 4.78. The van der Waals surface area contributed by atoms with Gasteiger partial charge >= 0.3 is 6.09 Å². The summed E-state index contributed by atoms with van der Waals surface area (Å²) in [6.07, 6.45) is -0.677. The maximum atomic E-state index is 13.4. The molecular weight excluding hydrogens is 360 g/mol. The summed E-state index contributed by atoms with van der Waals surface area (Å²) in [5, 5.41) is 2.59. The average Bonchev–Trinajstić information content (AvgIpc) is 2.56. The van der Waals surface area contributed by atoms with Crippen LogP contribution in [0.15, 0.2) is 30.3 Å². The molecule has 1 amide bonds. The van der Waals surface area contributed by atoms with Crippen molar-refractivity contribution in [3.05, 3.63) is 42.0 Å². The van der Waals surface area contributed by atoms with Gasteiger partial charge in [-0.15, -0.1) is 0 Å². The molecule has 6 nitrogen and oxygen atoms in total. The van der Waals surface area contributed by atoms with Crippen LogP contribution in [0.25, 0.3) is 0 Å². The van der Waals surface area contributed by atoms with Crippen LogP contribution in [0.1, 0.15) is 20.8 Å². The number of anilines is 1. The number of amides is 1. The lowest BCUT2D eigenvalue weighted by Crippen LogP contribution is -2.27. The quantitative estimate of drug-likeness (QED) is 0.824. The van der Waals surface area contributed by atoms with Gasteiger partial charge in [0, 0.05) is 18.2 Å². The average molecular weight is 379 g/mol. The molecule has 0 bridgehead atoms. The zero-order valence-corrected chi connectivity index (χ0v) is 15.1. The summed E-state index contributed by atoms with van der Waals surface area (Å²) in [7, 11) is 0. The minimum Gasteiger partial charge on any atom is -0.486 e. The van der Waals surface area contributed by atoms with E-state index >= 15 is 0 Å². The van der Waals surface area contributed by atoms with Crippen molar-refractivity contribution in [3.8, 4) is 23.0 Å². The van der Waals surface area contributed by atoms with Crippen molar-refractivity contribution in [1.82, 2.24) is 0 Å². The number of fused-ring (bicyclic) bond motifs is 1. The molecule has 1 heterocycles.